The number of quaternary nitrogens is 1. The minimum Gasteiger partial charge on any atom is -0.756 e. The number of nitrogens with zero attached hydrogens (tertiary/aromatic N) is 1. The molecule has 0 aliphatic rings. The number of carbonyl (C=O) groups excluding carboxylic acids is 1. The van der Waals surface area contributed by atoms with E-state index in [0.29, 0.717) is 17.4 Å². The Balaban J connectivity index is 4.38. The van der Waals surface area contributed by atoms with Crippen molar-refractivity contribution < 1.29 is 32.9 Å². The first-order valence-corrected chi connectivity index (χ1v) is 21.7. The molecule has 0 heterocycles. The summed E-state index contributed by atoms with van der Waals surface area (Å²) in [4.78, 5) is 25.1. The normalized spacial score (nSPS) is 14.8. The maximum atomic E-state index is 12.8. The Kier molecular flexibility index (Phi) is 32.2. The van der Waals surface area contributed by atoms with Crippen molar-refractivity contribution in [1.82, 2.24) is 5.32 Å². The van der Waals surface area contributed by atoms with Crippen LogP contribution in [0.3, 0.4) is 0 Å². The van der Waals surface area contributed by atoms with Gasteiger partial charge in [-0.25, -0.2) is 0 Å². The van der Waals surface area contributed by atoms with Gasteiger partial charge in [-0.1, -0.05) is 147 Å². The molecule has 0 aliphatic carbocycles. The molecule has 0 saturated heterocycles. The second-order valence-corrected chi connectivity index (χ2v) is 16.4. The molecule has 0 aromatic heterocycles. The predicted octanol–water partition coefficient (Wildman–Crippen LogP) is 9.94. The Hall–Kier alpha value is -1.02. The number of unbranched alkanes of at least 4 members (excludes halogenated alkanes) is 21. The van der Waals surface area contributed by atoms with Crippen LogP contribution in [0.4, 0.5) is 0 Å². The Morgan fingerprint density at radius 3 is 1.59 bits per heavy atom. The first-order valence-electron chi connectivity index (χ1n) is 20.2. The first-order chi connectivity index (χ1) is 23.5. The van der Waals surface area contributed by atoms with Crippen LogP contribution >= 0.6 is 7.82 Å². The molecule has 8 nitrogen and oxygen atoms in total. The smallest absolute Gasteiger partial charge is 0.268 e. The molecule has 3 atom stereocenters. The summed E-state index contributed by atoms with van der Waals surface area (Å²) in [6, 6.07) is -0.883. The van der Waals surface area contributed by atoms with Gasteiger partial charge in [0.2, 0.25) is 5.91 Å². The van der Waals surface area contributed by atoms with Gasteiger partial charge in [0.05, 0.1) is 39.9 Å². The summed E-state index contributed by atoms with van der Waals surface area (Å²) in [5.74, 6) is -0.205. The molecule has 0 fully saturated rings. The van der Waals surface area contributed by atoms with Gasteiger partial charge < -0.3 is 28.8 Å². The number of phosphoric acid groups is 1. The molecule has 0 aromatic rings. The van der Waals surface area contributed by atoms with Crippen LogP contribution in [0.2, 0.25) is 0 Å². The fourth-order valence-corrected chi connectivity index (χ4v) is 6.34. The first kappa shape index (κ1) is 48.0. The van der Waals surface area contributed by atoms with E-state index in [1.54, 1.807) is 6.08 Å². The standard InChI is InChI=1S/C40H79N2O6P/c1-6-8-10-12-14-16-17-18-19-20-21-22-23-24-26-28-30-32-34-40(44)41-38(37-48-49(45,46)47-36-35-42(3,4)5)39(43)33-31-29-27-25-15-13-11-9-7-2/h19-20,31,33,38-39,43H,6-18,21-30,32,34-37H2,1-5H3,(H-,41,44,45,46)/b20-19-,33-31+. The van der Waals surface area contributed by atoms with Crippen LogP contribution in [0, 0.1) is 0 Å². The van der Waals surface area contributed by atoms with E-state index in [1.165, 1.54) is 116 Å². The quantitative estimate of drug-likeness (QED) is 0.0290. The lowest BCUT2D eigenvalue weighted by atomic mass is 10.1. The van der Waals surface area contributed by atoms with Crippen molar-refractivity contribution in [2.45, 2.75) is 187 Å². The predicted molar refractivity (Wildman–Crippen MR) is 205 cm³/mol. The summed E-state index contributed by atoms with van der Waals surface area (Å²) in [6.07, 6.45) is 36.5. The van der Waals surface area contributed by atoms with Crippen molar-refractivity contribution >= 4 is 13.7 Å². The Morgan fingerprint density at radius 2 is 1.12 bits per heavy atom. The highest BCUT2D eigenvalue weighted by atomic mass is 31.2. The van der Waals surface area contributed by atoms with Crippen LogP contribution in [-0.2, 0) is 18.4 Å². The van der Waals surface area contributed by atoms with Gasteiger partial charge in [-0.3, -0.25) is 9.36 Å². The number of aliphatic hydroxyl groups excluding tert-OH is 1. The highest BCUT2D eigenvalue weighted by Crippen LogP contribution is 2.38. The fraction of sp³-hybridized carbons (Fsp3) is 0.875. The highest BCUT2D eigenvalue weighted by Gasteiger charge is 2.23. The zero-order valence-corrected chi connectivity index (χ0v) is 33.5. The van der Waals surface area contributed by atoms with Gasteiger partial charge in [-0.05, 0) is 44.9 Å². The van der Waals surface area contributed by atoms with Crippen LogP contribution in [0.1, 0.15) is 174 Å². The Bertz CT molecular complexity index is 860. The van der Waals surface area contributed by atoms with E-state index in [4.69, 9.17) is 9.05 Å². The third kappa shape index (κ3) is 35.2. The van der Waals surface area contributed by atoms with Crippen molar-refractivity contribution in [2.24, 2.45) is 0 Å². The molecule has 1 amide bonds. The fourth-order valence-electron chi connectivity index (χ4n) is 5.62. The molecular formula is C40H79N2O6P. The number of hydrogen-bond donors (Lipinski definition) is 2. The lowest BCUT2D eigenvalue weighted by Gasteiger charge is -2.29. The number of rotatable bonds is 36. The summed E-state index contributed by atoms with van der Waals surface area (Å²) in [6.45, 7) is 4.59. The van der Waals surface area contributed by atoms with E-state index >= 15 is 0 Å². The zero-order chi connectivity index (χ0) is 36.5. The Labute approximate surface area is 303 Å². The summed E-state index contributed by atoms with van der Waals surface area (Å²) in [5.41, 5.74) is 0. The maximum Gasteiger partial charge on any atom is 0.268 e. The molecule has 49 heavy (non-hydrogen) atoms. The molecule has 9 heteroatoms. The van der Waals surface area contributed by atoms with Crippen molar-refractivity contribution in [3.63, 3.8) is 0 Å². The van der Waals surface area contributed by atoms with Crippen LogP contribution in [0.15, 0.2) is 24.3 Å². The molecule has 0 aromatic carbocycles. The van der Waals surface area contributed by atoms with Crippen LogP contribution < -0.4 is 10.2 Å². The van der Waals surface area contributed by atoms with Crippen LogP contribution in [0.5, 0.6) is 0 Å². The molecule has 3 unspecified atom stereocenters. The van der Waals surface area contributed by atoms with Crippen molar-refractivity contribution in [2.75, 3.05) is 40.9 Å². The van der Waals surface area contributed by atoms with E-state index in [9.17, 15) is 19.4 Å². The van der Waals surface area contributed by atoms with Crippen LogP contribution in [0.25, 0.3) is 0 Å². The van der Waals surface area contributed by atoms with E-state index in [1.807, 2.05) is 27.2 Å². The number of aliphatic hydroxyl groups is 1. The van der Waals surface area contributed by atoms with E-state index in [-0.39, 0.29) is 19.1 Å². The lowest BCUT2D eigenvalue weighted by Crippen LogP contribution is -2.45. The molecule has 0 aliphatic heterocycles. The number of phosphoric ester groups is 1. The maximum absolute atomic E-state index is 12.8. The van der Waals surface area contributed by atoms with Crippen molar-refractivity contribution in [3.8, 4) is 0 Å². The van der Waals surface area contributed by atoms with E-state index in [0.717, 1.165) is 38.5 Å². The number of hydrogen-bond acceptors (Lipinski definition) is 6. The number of allylic oxidation sites excluding steroid dienone is 3. The van der Waals surface area contributed by atoms with Crippen molar-refractivity contribution in [1.29, 1.82) is 0 Å². The average Bonchev–Trinajstić information content (AvgIpc) is 3.04. The van der Waals surface area contributed by atoms with Gasteiger partial charge in [0.15, 0.2) is 0 Å². The summed E-state index contributed by atoms with van der Waals surface area (Å²) in [7, 11) is 1.26. The average molecular weight is 715 g/mol. The zero-order valence-electron chi connectivity index (χ0n) is 32.6. The number of likely N-dealkylation sites (N-methyl/N-ethyl adjacent to an activating group) is 1. The summed E-state index contributed by atoms with van der Waals surface area (Å²) < 4.78 is 23.1. The molecule has 0 rings (SSSR count). The molecule has 0 radical (unpaired) electrons. The molecule has 2 N–H and O–H groups in total. The third-order valence-corrected chi connectivity index (χ3v) is 9.87. The van der Waals surface area contributed by atoms with Gasteiger partial charge in [0, 0.05) is 6.42 Å². The summed E-state index contributed by atoms with van der Waals surface area (Å²) >= 11 is 0. The molecule has 0 saturated carbocycles. The minimum atomic E-state index is -4.58. The van der Waals surface area contributed by atoms with Gasteiger partial charge in [-0.15, -0.1) is 0 Å². The SMILES string of the molecule is CCCCCCCCC/C=C\CCCCCCCCCC(=O)NC(COP(=O)([O-])OCC[N+](C)(C)C)C(O)/C=C/CCCCCCCCC. The second kappa shape index (κ2) is 32.9. The number of carbonyl (C=O) groups is 1. The molecule has 0 spiro atoms. The van der Waals surface area contributed by atoms with E-state index in [2.05, 4.69) is 31.3 Å². The minimum absolute atomic E-state index is 0.00138. The largest absolute Gasteiger partial charge is 0.756 e. The monoisotopic (exact) mass is 715 g/mol. The lowest BCUT2D eigenvalue weighted by molar-refractivity contribution is -0.870. The second-order valence-electron chi connectivity index (χ2n) is 15.0. The topological polar surface area (TPSA) is 108 Å². The highest BCUT2D eigenvalue weighted by molar-refractivity contribution is 7.45. The van der Waals surface area contributed by atoms with Gasteiger partial charge in [0.1, 0.15) is 13.2 Å². The molecule has 0 bridgehead atoms. The summed E-state index contributed by atoms with van der Waals surface area (Å²) in [5, 5.41) is 13.7. The Morgan fingerprint density at radius 1 is 0.694 bits per heavy atom. The number of nitrogens with one attached hydrogen (secondary N) is 1. The number of amides is 1. The van der Waals surface area contributed by atoms with Crippen LogP contribution in [-0.4, -0.2) is 68.5 Å². The molecule has 290 valence electrons. The van der Waals surface area contributed by atoms with E-state index < -0.39 is 20.0 Å². The molecular weight excluding hydrogens is 635 g/mol. The third-order valence-electron chi connectivity index (χ3n) is 8.91. The van der Waals surface area contributed by atoms with Gasteiger partial charge in [-0.2, -0.15) is 0 Å². The van der Waals surface area contributed by atoms with Crippen molar-refractivity contribution in [3.05, 3.63) is 24.3 Å². The van der Waals surface area contributed by atoms with Gasteiger partial charge in [0.25, 0.3) is 7.82 Å². The van der Waals surface area contributed by atoms with Gasteiger partial charge >= 0.3 is 0 Å².